The number of aliphatic hydroxyl groups excluding tert-OH is 1. The Morgan fingerprint density at radius 3 is 2.50 bits per heavy atom. The lowest BCUT2D eigenvalue weighted by Gasteiger charge is -2.25. The summed E-state index contributed by atoms with van der Waals surface area (Å²) in [6.07, 6.45) is 6.27. The molecule has 1 rings (SSSR count). The minimum atomic E-state index is -0.707. The zero-order chi connectivity index (χ0) is 10.6. The summed E-state index contributed by atoms with van der Waals surface area (Å²) in [7, 11) is 0. The molecule has 72 valence electrons. The van der Waals surface area contributed by atoms with Crippen molar-refractivity contribution in [2.75, 3.05) is 0 Å². The van der Waals surface area contributed by atoms with Crippen molar-refractivity contribution in [3.8, 4) is 12.3 Å². The largest absolute Gasteiger partial charge is 0.386 e. The lowest BCUT2D eigenvalue weighted by Crippen LogP contribution is -2.20. The van der Waals surface area contributed by atoms with E-state index in [4.69, 9.17) is 6.42 Å². The van der Waals surface area contributed by atoms with Gasteiger partial charge in [-0.05, 0) is 12.5 Å². The first-order valence-corrected chi connectivity index (χ1v) is 4.48. The number of hydrogen-bond acceptors (Lipinski definition) is 1. The van der Waals surface area contributed by atoms with Crippen molar-refractivity contribution < 1.29 is 5.11 Å². The number of terminal acetylenes is 1. The molecule has 1 N–H and O–H groups in total. The van der Waals surface area contributed by atoms with E-state index in [1.165, 1.54) is 0 Å². The second kappa shape index (κ2) is 4.13. The van der Waals surface area contributed by atoms with E-state index in [1.807, 2.05) is 30.3 Å². The molecule has 2 atom stereocenters. The molecule has 0 aliphatic heterocycles. The van der Waals surface area contributed by atoms with Crippen LogP contribution in [0.5, 0.6) is 0 Å². The molecule has 1 aromatic rings. The highest BCUT2D eigenvalue weighted by molar-refractivity contribution is 5.26. The van der Waals surface area contributed by atoms with Gasteiger partial charge in [0.1, 0.15) is 0 Å². The highest BCUT2D eigenvalue weighted by atomic mass is 16.3. The van der Waals surface area contributed by atoms with E-state index >= 15 is 0 Å². The van der Waals surface area contributed by atoms with Gasteiger partial charge in [-0.2, -0.15) is 0 Å². The molecule has 1 aromatic carbocycles. The van der Waals surface area contributed by atoms with Crippen LogP contribution in [0.1, 0.15) is 18.6 Å². The first kappa shape index (κ1) is 10.6. The van der Waals surface area contributed by atoms with E-state index in [-0.39, 0.29) is 0 Å². The summed E-state index contributed by atoms with van der Waals surface area (Å²) >= 11 is 0. The summed E-state index contributed by atoms with van der Waals surface area (Å²) in [5.41, 5.74) is 0.106. The van der Waals surface area contributed by atoms with Crippen molar-refractivity contribution in [2.45, 2.75) is 13.0 Å². The Morgan fingerprint density at radius 1 is 1.50 bits per heavy atom. The van der Waals surface area contributed by atoms with Crippen LogP contribution >= 0.6 is 0 Å². The van der Waals surface area contributed by atoms with E-state index in [2.05, 4.69) is 12.5 Å². The molecule has 0 saturated carbocycles. The Kier molecular flexibility index (Phi) is 3.11. The van der Waals surface area contributed by atoms with Gasteiger partial charge in [0.15, 0.2) is 0 Å². The molecule has 0 heterocycles. The van der Waals surface area contributed by atoms with Gasteiger partial charge in [0, 0.05) is 0 Å². The average molecular weight is 186 g/mol. The van der Waals surface area contributed by atoms with Crippen LogP contribution in [0.3, 0.4) is 0 Å². The number of rotatable bonds is 3. The van der Waals surface area contributed by atoms with Gasteiger partial charge >= 0.3 is 0 Å². The van der Waals surface area contributed by atoms with Crippen LogP contribution in [-0.4, -0.2) is 5.11 Å². The zero-order valence-electron chi connectivity index (χ0n) is 8.27. The highest BCUT2D eigenvalue weighted by Gasteiger charge is 2.28. The van der Waals surface area contributed by atoms with Crippen molar-refractivity contribution in [1.29, 1.82) is 0 Å². The molecular weight excluding hydrogens is 172 g/mol. The standard InChI is InChI=1S/C13H14O/c1-4-13(3,5-2)12(14)11-9-7-6-8-10-11/h1,5-10,12,14H,2H2,3H3. The Hall–Kier alpha value is -1.52. The normalized spacial score (nSPS) is 16.4. The van der Waals surface area contributed by atoms with Gasteiger partial charge in [0.25, 0.3) is 0 Å². The molecule has 1 nitrogen and oxygen atoms in total. The molecule has 0 amide bonds. The van der Waals surface area contributed by atoms with Crippen LogP contribution in [0.25, 0.3) is 0 Å². The van der Waals surface area contributed by atoms with Crippen molar-refractivity contribution >= 4 is 0 Å². The number of aliphatic hydroxyl groups is 1. The maximum Gasteiger partial charge on any atom is 0.0987 e. The fraction of sp³-hybridized carbons (Fsp3) is 0.231. The van der Waals surface area contributed by atoms with E-state index in [9.17, 15) is 5.11 Å². The predicted molar refractivity (Wildman–Crippen MR) is 58.5 cm³/mol. The molecule has 0 bridgehead atoms. The van der Waals surface area contributed by atoms with Crippen molar-refractivity contribution in [3.63, 3.8) is 0 Å². The summed E-state index contributed by atoms with van der Waals surface area (Å²) in [4.78, 5) is 0. The van der Waals surface area contributed by atoms with E-state index in [0.29, 0.717) is 0 Å². The topological polar surface area (TPSA) is 20.2 Å². The fourth-order valence-electron chi connectivity index (χ4n) is 1.23. The van der Waals surface area contributed by atoms with E-state index in [1.54, 1.807) is 13.0 Å². The minimum absolute atomic E-state index is 0.703. The van der Waals surface area contributed by atoms with Crippen molar-refractivity contribution in [1.82, 2.24) is 0 Å². The van der Waals surface area contributed by atoms with Gasteiger partial charge in [0.2, 0.25) is 0 Å². The molecule has 0 aromatic heterocycles. The lowest BCUT2D eigenvalue weighted by atomic mass is 9.82. The van der Waals surface area contributed by atoms with E-state index < -0.39 is 11.5 Å². The van der Waals surface area contributed by atoms with Crippen LogP contribution in [0.4, 0.5) is 0 Å². The number of hydrogen-bond donors (Lipinski definition) is 1. The van der Waals surface area contributed by atoms with E-state index in [0.717, 1.165) is 5.56 Å². The number of benzene rings is 1. The average Bonchev–Trinajstić information content (AvgIpc) is 2.28. The summed E-state index contributed by atoms with van der Waals surface area (Å²) in [5, 5.41) is 10.0. The molecular formula is C13H14O. The molecule has 0 aliphatic carbocycles. The maximum atomic E-state index is 10.0. The Bertz CT molecular complexity index is 347. The van der Waals surface area contributed by atoms with Crippen LogP contribution in [-0.2, 0) is 0 Å². The first-order valence-electron chi connectivity index (χ1n) is 4.48. The zero-order valence-corrected chi connectivity index (χ0v) is 8.27. The Morgan fingerprint density at radius 2 is 2.07 bits per heavy atom. The molecule has 1 heteroatoms. The third kappa shape index (κ3) is 1.86. The van der Waals surface area contributed by atoms with Gasteiger partial charge < -0.3 is 5.11 Å². The van der Waals surface area contributed by atoms with Crippen LogP contribution in [0, 0.1) is 17.8 Å². The molecule has 0 saturated heterocycles. The van der Waals surface area contributed by atoms with Crippen LogP contribution < -0.4 is 0 Å². The SMILES string of the molecule is C#CC(C)(C=C)C(O)c1ccccc1. The van der Waals surface area contributed by atoms with Crippen LogP contribution in [0.15, 0.2) is 43.0 Å². The van der Waals surface area contributed by atoms with Gasteiger partial charge in [-0.25, -0.2) is 0 Å². The highest BCUT2D eigenvalue weighted by Crippen LogP contribution is 2.33. The second-order valence-corrected chi connectivity index (χ2v) is 3.44. The van der Waals surface area contributed by atoms with Gasteiger partial charge in [-0.1, -0.05) is 42.3 Å². The summed E-state index contributed by atoms with van der Waals surface area (Å²) in [6.45, 7) is 5.44. The third-order valence-corrected chi connectivity index (χ3v) is 2.42. The molecule has 0 aliphatic rings. The smallest absolute Gasteiger partial charge is 0.0987 e. The van der Waals surface area contributed by atoms with Crippen molar-refractivity contribution in [2.24, 2.45) is 5.41 Å². The van der Waals surface area contributed by atoms with Crippen molar-refractivity contribution in [3.05, 3.63) is 48.6 Å². The molecule has 2 unspecified atom stereocenters. The quantitative estimate of drug-likeness (QED) is 0.568. The fourth-order valence-corrected chi connectivity index (χ4v) is 1.23. The monoisotopic (exact) mass is 186 g/mol. The summed E-state index contributed by atoms with van der Waals surface area (Å²) < 4.78 is 0. The Balaban J connectivity index is 3.02. The van der Waals surface area contributed by atoms with Gasteiger partial charge in [-0.3, -0.25) is 0 Å². The second-order valence-electron chi connectivity index (χ2n) is 3.44. The first-order chi connectivity index (χ1) is 6.64. The van der Waals surface area contributed by atoms with Crippen LogP contribution in [0.2, 0.25) is 0 Å². The summed E-state index contributed by atoms with van der Waals surface area (Å²) in [5.74, 6) is 2.56. The Labute approximate surface area is 85.1 Å². The molecule has 0 radical (unpaired) electrons. The summed E-state index contributed by atoms with van der Waals surface area (Å²) in [6, 6.07) is 9.35. The van der Waals surface area contributed by atoms with Gasteiger partial charge in [-0.15, -0.1) is 13.0 Å². The molecule has 0 fully saturated rings. The molecule has 14 heavy (non-hydrogen) atoms. The molecule has 0 spiro atoms. The lowest BCUT2D eigenvalue weighted by molar-refractivity contribution is 0.105. The third-order valence-electron chi connectivity index (χ3n) is 2.42. The minimum Gasteiger partial charge on any atom is -0.386 e. The maximum absolute atomic E-state index is 10.0. The predicted octanol–water partition coefficient (Wildman–Crippen LogP) is 2.55. The van der Waals surface area contributed by atoms with Gasteiger partial charge in [0.05, 0.1) is 11.5 Å².